The van der Waals surface area contributed by atoms with E-state index < -0.39 is 24.6 Å². The van der Waals surface area contributed by atoms with Crippen LogP contribution < -0.4 is 40.1 Å². The fourth-order valence-corrected chi connectivity index (χ4v) is 3.80. The van der Waals surface area contributed by atoms with E-state index in [9.17, 15) is 24.5 Å². The van der Waals surface area contributed by atoms with E-state index in [0.717, 1.165) is 22.4 Å². The van der Waals surface area contributed by atoms with E-state index in [0.29, 0.717) is 0 Å². The predicted octanol–water partition coefficient (Wildman–Crippen LogP) is -0.853. The third-order valence-electron chi connectivity index (χ3n) is 5.11. The van der Waals surface area contributed by atoms with Gasteiger partial charge in [-0.3, -0.25) is 4.68 Å². The third-order valence-corrected chi connectivity index (χ3v) is 5.11. The number of nitrogens with zero attached hydrogens (tertiary/aromatic N) is 1. The first kappa shape index (κ1) is 25.4. The van der Waals surface area contributed by atoms with Gasteiger partial charge in [0.15, 0.2) is 0 Å². The summed E-state index contributed by atoms with van der Waals surface area (Å²) in [4.78, 5) is 10.6. The molecule has 3 atom stereocenters. The second-order valence-corrected chi connectivity index (χ2v) is 7.79. The van der Waals surface area contributed by atoms with E-state index in [1.54, 1.807) is 24.3 Å². The average molecular weight is 436 g/mol. The summed E-state index contributed by atoms with van der Waals surface area (Å²) in [7, 11) is 0. The zero-order valence-corrected chi connectivity index (χ0v) is 20.0. The Balaban J connectivity index is 0.00000341. The van der Waals surface area contributed by atoms with Crippen molar-refractivity contribution in [1.29, 1.82) is 0 Å². The van der Waals surface area contributed by atoms with Crippen molar-refractivity contribution in [2.75, 3.05) is 5.43 Å². The van der Waals surface area contributed by atoms with Gasteiger partial charge in [-0.05, 0) is 46.9 Å². The normalized spacial score (nSPS) is 17.8. The van der Waals surface area contributed by atoms with E-state index in [1.165, 1.54) is 12.1 Å². The quantitative estimate of drug-likeness (QED) is 0.469. The van der Waals surface area contributed by atoms with Gasteiger partial charge in [0.1, 0.15) is 5.82 Å². The zero-order chi connectivity index (χ0) is 21.8. The molecule has 1 aromatic carbocycles. The van der Waals surface area contributed by atoms with Gasteiger partial charge < -0.3 is 25.5 Å². The number of aliphatic carboxylic acids is 1. The summed E-state index contributed by atoms with van der Waals surface area (Å²) in [6.07, 6.45) is 2.40. The zero-order valence-electron chi connectivity index (χ0n) is 18.0. The summed E-state index contributed by atoms with van der Waals surface area (Å²) in [5.74, 6) is -1.51. The molecule has 31 heavy (non-hydrogen) atoms. The number of carboxylic acids is 1. The standard InChI is InChI=1S/C23H27FN2O4.Na/c1-14(2)22-19(10-9-17(27)12-18(28)13-21(29)30)23(15-5-7-16(24)8-6-15)25-26-11-3-4-20(22)26;/h3-11,14,17-18,23,25,27-28H,12-13H2,1-2H3,(H,29,30);/q;+1/p-1/b10-9+;. The van der Waals surface area contributed by atoms with Crippen LogP contribution in [0.3, 0.4) is 0 Å². The largest absolute Gasteiger partial charge is 1.00 e. The van der Waals surface area contributed by atoms with Crippen LogP contribution in [0.15, 0.2) is 60.3 Å². The smallest absolute Gasteiger partial charge is 0.550 e. The molecule has 0 amide bonds. The number of aliphatic hydroxyl groups is 2. The van der Waals surface area contributed by atoms with Crippen molar-refractivity contribution < 1.29 is 54.1 Å². The number of hydrogen-bond donors (Lipinski definition) is 3. The summed E-state index contributed by atoms with van der Waals surface area (Å²) in [6.45, 7) is 4.15. The molecule has 2 heterocycles. The fourth-order valence-electron chi connectivity index (χ4n) is 3.80. The number of allylic oxidation sites excluding steroid dienone is 1. The van der Waals surface area contributed by atoms with Gasteiger partial charge in [0.05, 0.1) is 23.9 Å². The maximum Gasteiger partial charge on any atom is 1.00 e. The fraction of sp³-hybridized carbons (Fsp3) is 0.348. The Hall–Kier alpha value is -1.90. The van der Waals surface area contributed by atoms with Crippen molar-refractivity contribution in [3.8, 4) is 0 Å². The number of aliphatic hydroxyl groups excluding tert-OH is 2. The van der Waals surface area contributed by atoms with Crippen LogP contribution in [0.1, 0.15) is 44.0 Å². The number of rotatable bonds is 8. The van der Waals surface area contributed by atoms with Gasteiger partial charge in [0, 0.05) is 25.0 Å². The van der Waals surface area contributed by atoms with Gasteiger partial charge in [-0.2, -0.15) is 0 Å². The molecular formula is C23H26FN2NaO4. The molecule has 2 aromatic rings. The molecule has 3 rings (SSSR count). The minimum Gasteiger partial charge on any atom is -0.550 e. The van der Waals surface area contributed by atoms with Gasteiger partial charge in [0.2, 0.25) is 0 Å². The summed E-state index contributed by atoms with van der Waals surface area (Å²) in [5, 5.41) is 30.6. The molecule has 3 unspecified atom stereocenters. The van der Waals surface area contributed by atoms with Crippen molar-refractivity contribution in [3.63, 3.8) is 0 Å². The van der Waals surface area contributed by atoms with E-state index in [4.69, 9.17) is 0 Å². The number of nitrogens with one attached hydrogen (secondary N) is 1. The van der Waals surface area contributed by atoms with Crippen LogP contribution in [0, 0.1) is 11.7 Å². The summed E-state index contributed by atoms with van der Waals surface area (Å²) >= 11 is 0. The molecule has 0 spiro atoms. The molecule has 1 aromatic heterocycles. The van der Waals surface area contributed by atoms with Crippen LogP contribution in [-0.2, 0) is 4.79 Å². The summed E-state index contributed by atoms with van der Waals surface area (Å²) in [6, 6.07) is 9.90. The molecule has 3 N–H and O–H groups in total. The number of carboxylic acid groups (broad SMARTS) is 1. The number of hydrogen-bond acceptors (Lipinski definition) is 5. The molecule has 0 saturated heterocycles. The van der Waals surface area contributed by atoms with Crippen LogP contribution in [0.25, 0.3) is 5.57 Å². The summed E-state index contributed by atoms with van der Waals surface area (Å²) < 4.78 is 15.4. The maximum absolute atomic E-state index is 13.5. The van der Waals surface area contributed by atoms with Gasteiger partial charge >= 0.3 is 29.6 Å². The molecule has 0 fully saturated rings. The number of halogens is 1. The maximum atomic E-state index is 13.5. The van der Waals surface area contributed by atoms with Crippen molar-refractivity contribution in [1.82, 2.24) is 4.68 Å². The van der Waals surface area contributed by atoms with E-state index in [1.807, 2.05) is 23.0 Å². The molecule has 0 radical (unpaired) electrons. The molecule has 0 aliphatic carbocycles. The number of aromatic nitrogens is 1. The van der Waals surface area contributed by atoms with E-state index in [-0.39, 0.29) is 53.8 Å². The van der Waals surface area contributed by atoms with Crippen molar-refractivity contribution >= 4 is 11.5 Å². The van der Waals surface area contributed by atoms with Crippen LogP contribution in [-0.4, -0.2) is 33.1 Å². The monoisotopic (exact) mass is 436 g/mol. The molecule has 160 valence electrons. The topological polar surface area (TPSA) is 97.6 Å². The van der Waals surface area contributed by atoms with Crippen molar-refractivity contribution in [3.05, 3.63) is 77.4 Å². The van der Waals surface area contributed by atoms with Gasteiger partial charge in [0.25, 0.3) is 0 Å². The van der Waals surface area contributed by atoms with E-state index >= 15 is 0 Å². The molecule has 8 heteroatoms. The minimum atomic E-state index is -1.36. The number of fused-ring (bicyclic) bond motifs is 1. The molecular weight excluding hydrogens is 410 g/mol. The van der Waals surface area contributed by atoms with Crippen molar-refractivity contribution in [2.45, 2.75) is 44.9 Å². The predicted molar refractivity (Wildman–Crippen MR) is 110 cm³/mol. The van der Waals surface area contributed by atoms with Crippen LogP contribution in [0.2, 0.25) is 0 Å². The Morgan fingerprint density at radius 1 is 1.26 bits per heavy atom. The SMILES string of the molecule is CC(C)C1=C(/C=C/C(O)CC(O)CC(=O)[O-])C(c2ccc(F)cc2)Nn2cccc21.[Na+]. The Labute approximate surface area is 203 Å². The van der Waals surface area contributed by atoms with Crippen LogP contribution in [0.5, 0.6) is 0 Å². The Morgan fingerprint density at radius 3 is 2.55 bits per heavy atom. The molecule has 0 saturated carbocycles. The van der Waals surface area contributed by atoms with Crippen LogP contribution in [0.4, 0.5) is 4.39 Å². The minimum absolute atomic E-state index is 0. The number of carbonyl (C=O) groups excluding carboxylic acids is 1. The van der Waals surface area contributed by atoms with Gasteiger partial charge in [-0.15, -0.1) is 0 Å². The van der Waals surface area contributed by atoms with Gasteiger partial charge in [-0.1, -0.05) is 38.1 Å². The Morgan fingerprint density at radius 2 is 1.94 bits per heavy atom. The van der Waals surface area contributed by atoms with Crippen LogP contribution >= 0.6 is 0 Å². The second-order valence-electron chi connectivity index (χ2n) is 7.79. The first-order valence-corrected chi connectivity index (χ1v) is 9.94. The molecule has 1 aliphatic heterocycles. The third kappa shape index (κ3) is 6.30. The second kappa shape index (κ2) is 11.1. The first-order chi connectivity index (χ1) is 14.3. The van der Waals surface area contributed by atoms with E-state index in [2.05, 4.69) is 19.3 Å². The first-order valence-electron chi connectivity index (χ1n) is 9.94. The molecule has 0 bridgehead atoms. The number of carbonyl (C=O) groups is 1. The Kier molecular flexibility index (Phi) is 9.09. The Bertz CT molecular complexity index is 953. The number of benzene rings is 1. The summed E-state index contributed by atoms with van der Waals surface area (Å²) in [5.41, 5.74) is 7.25. The van der Waals surface area contributed by atoms with Gasteiger partial charge in [-0.25, -0.2) is 4.39 Å². The average Bonchev–Trinajstić information content (AvgIpc) is 3.13. The molecule has 1 aliphatic rings. The van der Waals surface area contributed by atoms with Crippen molar-refractivity contribution in [2.24, 2.45) is 5.92 Å². The molecule has 6 nitrogen and oxygen atoms in total.